The van der Waals surface area contributed by atoms with Gasteiger partial charge < -0.3 is 10.2 Å². The Hall–Kier alpha value is -1.20. The highest BCUT2D eigenvalue weighted by Crippen LogP contribution is 2.22. The number of likely N-dealkylation sites (tertiary alicyclic amines) is 1. The van der Waals surface area contributed by atoms with Crippen LogP contribution in [0.25, 0.3) is 0 Å². The van der Waals surface area contributed by atoms with Crippen LogP contribution in [0.5, 0.6) is 0 Å². The molecule has 5 nitrogen and oxygen atoms in total. The molecule has 0 unspecified atom stereocenters. The lowest BCUT2D eigenvalue weighted by atomic mass is 10.1. The van der Waals surface area contributed by atoms with Gasteiger partial charge in [-0.2, -0.15) is 0 Å². The van der Waals surface area contributed by atoms with Crippen LogP contribution >= 0.6 is 11.6 Å². The van der Waals surface area contributed by atoms with Crippen molar-refractivity contribution in [1.82, 2.24) is 14.9 Å². The third-order valence-electron chi connectivity index (χ3n) is 3.19. The number of nitrogens with zero attached hydrogens (tertiary/aromatic N) is 3. The molecule has 1 N–H and O–H groups in total. The van der Waals surface area contributed by atoms with Gasteiger partial charge in [-0.3, -0.25) is 4.79 Å². The Labute approximate surface area is 112 Å². The normalized spacial score (nSPS) is 17.7. The summed E-state index contributed by atoms with van der Waals surface area (Å²) in [6.45, 7) is 3.86. The smallest absolute Gasteiger partial charge is 0.156 e. The standard InChI is InChI=1S/C12H17ClN4O/c1-8-14-11(13)10(7-18)12(15-8)16-9-3-5-17(2)6-4-9/h7,9H,3-6H2,1-2H3,(H,14,15,16). The highest BCUT2D eigenvalue weighted by molar-refractivity contribution is 6.32. The van der Waals surface area contributed by atoms with Gasteiger partial charge in [-0.05, 0) is 39.9 Å². The number of carbonyl (C=O) groups is 1. The molecule has 0 amide bonds. The molecule has 1 aromatic rings. The van der Waals surface area contributed by atoms with Crippen LogP contribution in [0.4, 0.5) is 5.82 Å². The molecule has 6 heteroatoms. The van der Waals surface area contributed by atoms with Crippen LogP contribution in [0.1, 0.15) is 29.0 Å². The Balaban J connectivity index is 2.15. The number of rotatable bonds is 3. The van der Waals surface area contributed by atoms with Crippen LogP contribution in [0.3, 0.4) is 0 Å². The molecule has 98 valence electrons. The summed E-state index contributed by atoms with van der Waals surface area (Å²) in [5.74, 6) is 1.12. The van der Waals surface area contributed by atoms with Crippen molar-refractivity contribution in [2.24, 2.45) is 0 Å². The molecule has 0 aromatic carbocycles. The summed E-state index contributed by atoms with van der Waals surface area (Å²) >= 11 is 5.95. The molecule has 0 bridgehead atoms. The third-order valence-corrected chi connectivity index (χ3v) is 3.48. The van der Waals surface area contributed by atoms with Gasteiger partial charge in [0.2, 0.25) is 0 Å². The van der Waals surface area contributed by atoms with Gasteiger partial charge in [-0.25, -0.2) is 9.97 Å². The van der Waals surface area contributed by atoms with E-state index in [1.54, 1.807) is 6.92 Å². The Bertz CT molecular complexity index is 444. The lowest BCUT2D eigenvalue weighted by molar-refractivity contribution is 0.112. The van der Waals surface area contributed by atoms with Crippen molar-refractivity contribution in [3.05, 3.63) is 16.5 Å². The highest BCUT2D eigenvalue weighted by atomic mass is 35.5. The number of carbonyl (C=O) groups excluding carboxylic acids is 1. The maximum Gasteiger partial charge on any atom is 0.156 e. The van der Waals surface area contributed by atoms with E-state index in [-0.39, 0.29) is 5.15 Å². The summed E-state index contributed by atoms with van der Waals surface area (Å²) in [4.78, 5) is 21.6. The first-order valence-electron chi connectivity index (χ1n) is 6.04. The van der Waals surface area contributed by atoms with E-state index in [4.69, 9.17) is 11.6 Å². The molecule has 0 radical (unpaired) electrons. The Morgan fingerprint density at radius 3 is 2.67 bits per heavy atom. The van der Waals surface area contributed by atoms with Crippen molar-refractivity contribution in [2.45, 2.75) is 25.8 Å². The maximum atomic E-state index is 11.0. The average molecular weight is 269 g/mol. The molecular formula is C12H17ClN4O. The second kappa shape index (κ2) is 5.63. The molecule has 0 saturated carbocycles. The quantitative estimate of drug-likeness (QED) is 0.669. The Morgan fingerprint density at radius 1 is 1.39 bits per heavy atom. The van der Waals surface area contributed by atoms with Gasteiger partial charge in [0, 0.05) is 6.04 Å². The number of piperidine rings is 1. The van der Waals surface area contributed by atoms with Crippen LogP contribution in [-0.4, -0.2) is 47.3 Å². The zero-order chi connectivity index (χ0) is 13.1. The van der Waals surface area contributed by atoms with Crippen molar-refractivity contribution >= 4 is 23.7 Å². The van der Waals surface area contributed by atoms with E-state index in [1.165, 1.54) is 0 Å². The van der Waals surface area contributed by atoms with Crippen molar-refractivity contribution in [3.63, 3.8) is 0 Å². The van der Waals surface area contributed by atoms with Crippen LogP contribution in [0, 0.1) is 6.92 Å². The molecule has 2 heterocycles. The van der Waals surface area contributed by atoms with E-state index in [0.717, 1.165) is 25.9 Å². The monoisotopic (exact) mass is 268 g/mol. The number of anilines is 1. The van der Waals surface area contributed by atoms with E-state index < -0.39 is 0 Å². The summed E-state index contributed by atoms with van der Waals surface area (Å²) in [5, 5.41) is 3.52. The van der Waals surface area contributed by atoms with Crippen LogP contribution in [0.15, 0.2) is 0 Å². The number of nitrogens with one attached hydrogen (secondary N) is 1. The Kier molecular flexibility index (Phi) is 4.14. The molecule has 0 atom stereocenters. The van der Waals surface area contributed by atoms with Crippen LogP contribution in [-0.2, 0) is 0 Å². The van der Waals surface area contributed by atoms with Gasteiger partial charge in [0.15, 0.2) is 6.29 Å². The zero-order valence-corrected chi connectivity index (χ0v) is 11.4. The topological polar surface area (TPSA) is 58.1 Å². The summed E-state index contributed by atoms with van der Waals surface area (Å²) in [5.41, 5.74) is 0.348. The largest absolute Gasteiger partial charge is 0.366 e. The van der Waals surface area contributed by atoms with Gasteiger partial charge >= 0.3 is 0 Å². The van der Waals surface area contributed by atoms with Gasteiger partial charge in [-0.1, -0.05) is 11.6 Å². The van der Waals surface area contributed by atoms with E-state index in [9.17, 15) is 4.79 Å². The SMILES string of the molecule is Cc1nc(Cl)c(C=O)c(NC2CCN(C)CC2)n1. The average Bonchev–Trinajstić information content (AvgIpc) is 2.32. The zero-order valence-electron chi connectivity index (χ0n) is 10.6. The first-order valence-corrected chi connectivity index (χ1v) is 6.42. The molecule has 2 rings (SSSR count). The number of hydrogen-bond acceptors (Lipinski definition) is 5. The lowest BCUT2D eigenvalue weighted by Gasteiger charge is -2.30. The molecule has 1 aliphatic rings. The second-order valence-corrected chi connectivity index (χ2v) is 5.02. The van der Waals surface area contributed by atoms with Gasteiger partial charge in [0.25, 0.3) is 0 Å². The van der Waals surface area contributed by atoms with Gasteiger partial charge in [-0.15, -0.1) is 0 Å². The fraction of sp³-hybridized carbons (Fsp3) is 0.583. The number of halogens is 1. The first kappa shape index (κ1) is 13.2. The number of hydrogen-bond donors (Lipinski definition) is 1. The molecule has 1 aliphatic heterocycles. The third kappa shape index (κ3) is 2.97. The van der Waals surface area contributed by atoms with Gasteiger partial charge in [0.05, 0.1) is 5.56 Å². The molecule has 1 aromatic heterocycles. The van der Waals surface area contributed by atoms with Crippen molar-refractivity contribution in [1.29, 1.82) is 0 Å². The van der Waals surface area contributed by atoms with Crippen LogP contribution < -0.4 is 5.32 Å². The summed E-state index contributed by atoms with van der Waals surface area (Å²) in [7, 11) is 2.11. The number of aldehydes is 1. The Morgan fingerprint density at radius 2 is 2.06 bits per heavy atom. The number of aromatic nitrogens is 2. The lowest BCUT2D eigenvalue weighted by Crippen LogP contribution is -2.37. The summed E-state index contributed by atoms with van der Waals surface area (Å²) in [6, 6.07) is 0.338. The fourth-order valence-electron chi connectivity index (χ4n) is 2.11. The maximum absolute atomic E-state index is 11.0. The molecule has 1 fully saturated rings. The second-order valence-electron chi connectivity index (χ2n) is 4.66. The fourth-order valence-corrected chi connectivity index (χ4v) is 2.36. The molecule has 18 heavy (non-hydrogen) atoms. The predicted octanol–water partition coefficient (Wildman–Crippen LogP) is 1.76. The van der Waals surface area contributed by atoms with Crippen molar-refractivity contribution < 1.29 is 4.79 Å². The molecule has 1 saturated heterocycles. The van der Waals surface area contributed by atoms with E-state index >= 15 is 0 Å². The summed E-state index contributed by atoms with van der Waals surface area (Å²) < 4.78 is 0. The molecular weight excluding hydrogens is 252 g/mol. The van der Waals surface area contributed by atoms with E-state index in [1.807, 2.05) is 0 Å². The first-order chi connectivity index (χ1) is 8.60. The van der Waals surface area contributed by atoms with E-state index in [2.05, 4.69) is 27.2 Å². The minimum Gasteiger partial charge on any atom is -0.366 e. The van der Waals surface area contributed by atoms with Gasteiger partial charge in [0.1, 0.15) is 16.8 Å². The molecule has 0 aliphatic carbocycles. The minimum absolute atomic E-state index is 0.216. The summed E-state index contributed by atoms with van der Waals surface area (Å²) in [6.07, 6.45) is 2.78. The van der Waals surface area contributed by atoms with Crippen molar-refractivity contribution in [2.75, 3.05) is 25.5 Å². The highest BCUT2D eigenvalue weighted by Gasteiger charge is 2.19. The predicted molar refractivity (Wildman–Crippen MR) is 71.3 cm³/mol. The number of aryl methyl sites for hydroxylation is 1. The van der Waals surface area contributed by atoms with E-state index in [0.29, 0.717) is 29.5 Å². The minimum atomic E-state index is 0.216. The van der Waals surface area contributed by atoms with Crippen LogP contribution in [0.2, 0.25) is 5.15 Å². The molecule has 0 spiro atoms. The van der Waals surface area contributed by atoms with Crippen molar-refractivity contribution in [3.8, 4) is 0 Å².